The van der Waals surface area contributed by atoms with Crippen molar-refractivity contribution in [1.29, 1.82) is 0 Å². The highest BCUT2D eigenvalue weighted by molar-refractivity contribution is 5.86. The molecule has 1 atom stereocenters. The van der Waals surface area contributed by atoms with Crippen LogP contribution in [0.25, 0.3) is 11.0 Å². The second-order valence-corrected chi connectivity index (χ2v) is 5.23. The Kier molecular flexibility index (Phi) is 3.62. The van der Waals surface area contributed by atoms with Gasteiger partial charge in [-0.25, -0.2) is 9.97 Å². The van der Waals surface area contributed by atoms with E-state index in [4.69, 9.17) is 10.2 Å². The predicted octanol–water partition coefficient (Wildman–Crippen LogP) is 1.87. The first-order valence-electron chi connectivity index (χ1n) is 6.99. The summed E-state index contributed by atoms with van der Waals surface area (Å²) < 4.78 is 5.32. The van der Waals surface area contributed by atoms with Gasteiger partial charge in [0.2, 0.25) is 0 Å². The van der Waals surface area contributed by atoms with E-state index in [0.717, 1.165) is 28.9 Å². The molecule has 0 aliphatic carbocycles. The van der Waals surface area contributed by atoms with Gasteiger partial charge >= 0.3 is 0 Å². The molecule has 6 heteroatoms. The van der Waals surface area contributed by atoms with E-state index in [9.17, 15) is 0 Å². The van der Waals surface area contributed by atoms with Gasteiger partial charge in [0.1, 0.15) is 23.0 Å². The smallest absolute Gasteiger partial charge is 0.143 e. The number of furan rings is 1. The first-order chi connectivity index (χ1) is 10.2. The van der Waals surface area contributed by atoms with E-state index in [-0.39, 0.29) is 0 Å². The average Bonchev–Trinajstić information content (AvgIpc) is 3.08. The van der Waals surface area contributed by atoms with Crippen LogP contribution in [0.5, 0.6) is 0 Å². The lowest BCUT2D eigenvalue weighted by atomic mass is 10.2. The van der Waals surface area contributed by atoms with Gasteiger partial charge in [-0.2, -0.15) is 0 Å². The first kappa shape index (κ1) is 13.6. The van der Waals surface area contributed by atoms with Crippen molar-refractivity contribution in [3.8, 4) is 0 Å². The lowest BCUT2D eigenvalue weighted by Gasteiger charge is -2.07. The topological polar surface area (TPSA) is 92.8 Å². The SMILES string of the molecule is CNC(C)Cc1cc2c(N)nc(Cc3ccco3)nc2[nH]1. The fraction of sp³-hybridized carbons (Fsp3) is 0.333. The summed E-state index contributed by atoms with van der Waals surface area (Å²) >= 11 is 0. The molecule has 0 aromatic carbocycles. The van der Waals surface area contributed by atoms with Gasteiger partial charge in [-0.15, -0.1) is 0 Å². The highest BCUT2D eigenvalue weighted by Crippen LogP contribution is 2.21. The van der Waals surface area contributed by atoms with Crippen LogP contribution in [0, 0.1) is 0 Å². The van der Waals surface area contributed by atoms with Crippen molar-refractivity contribution in [1.82, 2.24) is 20.3 Å². The van der Waals surface area contributed by atoms with Gasteiger partial charge in [-0.1, -0.05) is 0 Å². The molecular formula is C15H19N5O. The zero-order valence-electron chi connectivity index (χ0n) is 12.2. The fourth-order valence-corrected chi connectivity index (χ4v) is 2.32. The number of nitrogens with two attached hydrogens (primary N) is 1. The van der Waals surface area contributed by atoms with Crippen LogP contribution in [0.3, 0.4) is 0 Å². The quantitative estimate of drug-likeness (QED) is 0.665. The number of rotatable bonds is 5. The first-order valence-corrected chi connectivity index (χ1v) is 6.99. The fourth-order valence-electron chi connectivity index (χ4n) is 2.32. The number of nitrogens with zero attached hydrogens (tertiary/aromatic N) is 2. The van der Waals surface area contributed by atoms with Crippen LogP contribution in [0.1, 0.15) is 24.2 Å². The minimum absolute atomic E-state index is 0.384. The molecule has 0 spiro atoms. The Morgan fingerprint density at radius 1 is 1.43 bits per heavy atom. The molecule has 0 fully saturated rings. The van der Waals surface area contributed by atoms with E-state index < -0.39 is 0 Å². The monoisotopic (exact) mass is 285 g/mol. The van der Waals surface area contributed by atoms with Crippen molar-refractivity contribution < 1.29 is 4.42 Å². The Bertz CT molecular complexity index is 732. The van der Waals surface area contributed by atoms with Gasteiger partial charge in [0.25, 0.3) is 0 Å². The van der Waals surface area contributed by atoms with Gasteiger partial charge < -0.3 is 20.5 Å². The van der Waals surface area contributed by atoms with Crippen LogP contribution >= 0.6 is 0 Å². The van der Waals surface area contributed by atoms with Crippen molar-refractivity contribution in [2.45, 2.75) is 25.8 Å². The molecule has 1 unspecified atom stereocenters. The van der Waals surface area contributed by atoms with Crippen LogP contribution in [0.2, 0.25) is 0 Å². The number of H-pyrrole nitrogens is 1. The second-order valence-electron chi connectivity index (χ2n) is 5.23. The molecule has 3 rings (SSSR count). The van der Waals surface area contributed by atoms with Crippen LogP contribution in [0.4, 0.5) is 5.82 Å². The van der Waals surface area contributed by atoms with Crippen LogP contribution in [-0.2, 0) is 12.8 Å². The Morgan fingerprint density at radius 3 is 3.00 bits per heavy atom. The standard InChI is InChI=1S/C15H19N5O/c1-9(17-2)6-10-7-12-14(16)19-13(20-15(12)18-10)8-11-4-3-5-21-11/h3-5,7,9,17H,6,8H2,1-2H3,(H3,16,18,19,20). The van der Waals surface area contributed by atoms with E-state index in [0.29, 0.717) is 24.1 Å². The number of likely N-dealkylation sites (N-methyl/N-ethyl adjacent to an activating group) is 1. The highest BCUT2D eigenvalue weighted by Gasteiger charge is 2.11. The molecule has 3 aromatic rings. The Balaban J connectivity index is 1.91. The summed E-state index contributed by atoms with van der Waals surface area (Å²) in [5.41, 5.74) is 7.93. The molecule has 0 bridgehead atoms. The van der Waals surface area contributed by atoms with Gasteiger partial charge in [0.05, 0.1) is 18.1 Å². The molecule has 0 aliphatic rings. The molecule has 3 aromatic heterocycles. The number of aromatic amines is 1. The van der Waals surface area contributed by atoms with Crippen molar-refractivity contribution in [3.63, 3.8) is 0 Å². The van der Waals surface area contributed by atoms with Crippen molar-refractivity contribution >= 4 is 16.9 Å². The normalized spacial score (nSPS) is 12.9. The van der Waals surface area contributed by atoms with Crippen LogP contribution in [0.15, 0.2) is 28.9 Å². The van der Waals surface area contributed by atoms with E-state index in [1.165, 1.54) is 0 Å². The van der Waals surface area contributed by atoms with E-state index in [1.54, 1.807) is 6.26 Å². The van der Waals surface area contributed by atoms with Gasteiger partial charge in [0, 0.05) is 18.2 Å². The maximum atomic E-state index is 6.05. The molecule has 3 heterocycles. The minimum atomic E-state index is 0.384. The maximum Gasteiger partial charge on any atom is 0.143 e. The summed E-state index contributed by atoms with van der Waals surface area (Å²) in [6.45, 7) is 2.13. The molecule has 4 N–H and O–H groups in total. The lowest BCUT2D eigenvalue weighted by molar-refractivity contribution is 0.517. The van der Waals surface area contributed by atoms with E-state index >= 15 is 0 Å². The minimum Gasteiger partial charge on any atom is -0.469 e. The van der Waals surface area contributed by atoms with Gasteiger partial charge in [0.15, 0.2) is 0 Å². The summed E-state index contributed by atoms with van der Waals surface area (Å²) in [5, 5.41) is 4.09. The third kappa shape index (κ3) is 2.90. The Hall–Kier alpha value is -2.34. The highest BCUT2D eigenvalue weighted by atomic mass is 16.3. The van der Waals surface area contributed by atoms with E-state index in [2.05, 4.69) is 27.2 Å². The average molecular weight is 285 g/mol. The Morgan fingerprint density at radius 2 is 2.29 bits per heavy atom. The summed E-state index contributed by atoms with van der Waals surface area (Å²) in [5.74, 6) is 1.98. The number of fused-ring (bicyclic) bond motifs is 1. The zero-order valence-corrected chi connectivity index (χ0v) is 12.2. The summed E-state index contributed by atoms with van der Waals surface area (Å²) in [6.07, 6.45) is 3.07. The summed E-state index contributed by atoms with van der Waals surface area (Å²) in [6, 6.07) is 6.16. The third-order valence-corrected chi connectivity index (χ3v) is 3.55. The van der Waals surface area contributed by atoms with Crippen molar-refractivity contribution in [2.24, 2.45) is 0 Å². The number of nitrogens with one attached hydrogen (secondary N) is 2. The molecule has 0 aliphatic heterocycles. The molecule has 0 saturated carbocycles. The predicted molar refractivity (Wildman–Crippen MR) is 82.0 cm³/mol. The lowest BCUT2D eigenvalue weighted by Crippen LogP contribution is -2.23. The van der Waals surface area contributed by atoms with Crippen molar-refractivity contribution in [3.05, 3.63) is 41.7 Å². The van der Waals surface area contributed by atoms with Gasteiger partial charge in [-0.05, 0) is 32.2 Å². The molecule has 0 amide bonds. The molecule has 0 saturated heterocycles. The largest absolute Gasteiger partial charge is 0.469 e. The second kappa shape index (κ2) is 5.57. The number of anilines is 1. The van der Waals surface area contributed by atoms with E-state index in [1.807, 2.05) is 25.2 Å². The zero-order chi connectivity index (χ0) is 14.8. The molecule has 6 nitrogen and oxygen atoms in total. The number of hydrogen-bond acceptors (Lipinski definition) is 5. The maximum absolute atomic E-state index is 6.05. The third-order valence-electron chi connectivity index (χ3n) is 3.55. The number of nitrogen functional groups attached to an aromatic ring is 1. The van der Waals surface area contributed by atoms with Crippen LogP contribution < -0.4 is 11.1 Å². The molecular weight excluding hydrogens is 266 g/mol. The summed E-state index contributed by atoms with van der Waals surface area (Å²) in [4.78, 5) is 12.2. The Labute approximate surface area is 122 Å². The molecule has 21 heavy (non-hydrogen) atoms. The molecule has 0 radical (unpaired) electrons. The van der Waals surface area contributed by atoms with Crippen LogP contribution in [-0.4, -0.2) is 28.0 Å². The molecule has 110 valence electrons. The number of aromatic nitrogens is 3. The van der Waals surface area contributed by atoms with Gasteiger partial charge in [-0.3, -0.25) is 0 Å². The summed E-state index contributed by atoms with van der Waals surface area (Å²) in [7, 11) is 1.95. The number of hydrogen-bond donors (Lipinski definition) is 3. The van der Waals surface area contributed by atoms with Crippen molar-refractivity contribution in [2.75, 3.05) is 12.8 Å².